The summed E-state index contributed by atoms with van der Waals surface area (Å²) in [5.74, 6) is 0. The Hall–Kier alpha value is -1.10. The predicted octanol–water partition coefficient (Wildman–Crippen LogP) is 3.48. The minimum absolute atomic E-state index is 0.192. The van der Waals surface area contributed by atoms with Crippen LogP contribution >= 0.6 is 15.9 Å². The summed E-state index contributed by atoms with van der Waals surface area (Å²) in [6.45, 7) is 3.07. The Morgan fingerprint density at radius 1 is 1.53 bits per heavy atom. The van der Waals surface area contributed by atoms with Crippen molar-refractivity contribution in [3.05, 3.63) is 33.9 Å². The fourth-order valence-electron chi connectivity index (χ4n) is 2.07. The van der Waals surface area contributed by atoms with Crippen LogP contribution in [-0.4, -0.2) is 17.5 Å². The van der Waals surface area contributed by atoms with Crippen LogP contribution in [0.25, 0.3) is 0 Å². The highest BCUT2D eigenvalue weighted by atomic mass is 79.9. The Kier molecular flexibility index (Phi) is 3.66. The van der Waals surface area contributed by atoms with Crippen molar-refractivity contribution in [2.45, 2.75) is 31.1 Å². The van der Waals surface area contributed by atoms with E-state index in [0.717, 1.165) is 17.8 Å². The van der Waals surface area contributed by atoms with Crippen LogP contribution in [-0.2, 0) is 5.33 Å². The molecule has 17 heavy (non-hydrogen) atoms. The summed E-state index contributed by atoms with van der Waals surface area (Å²) in [6, 6.07) is 6.02. The predicted molar refractivity (Wildman–Crippen MR) is 71.8 cm³/mol. The van der Waals surface area contributed by atoms with E-state index in [-0.39, 0.29) is 10.6 Å². The molecule has 0 spiro atoms. The van der Waals surface area contributed by atoms with Crippen LogP contribution in [0, 0.1) is 10.1 Å². The number of halogens is 1. The van der Waals surface area contributed by atoms with Crippen molar-refractivity contribution in [1.82, 2.24) is 0 Å². The molecule has 92 valence electrons. The van der Waals surface area contributed by atoms with E-state index in [1.807, 2.05) is 12.1 Å². The van der Waals surface area contributed by atoms with E-state index in [4.69, 9.17) is 0 Å². The third-order valence-electron chi connectivity index (χ3n) is 3.06. The average Bonchev–Trinajstić information content (AvgIpc) is 3.14. The maximum absolute atomic E-state index is 10.8. The Bertz CT molecular complexity index is 433. The fourth-order valence-corrected chi connectivity index (χ4v) is 2.52. The van der Waals surface area contributed by atoms with Gasteiger partial charge in [-0.1, -0.05) is 15.9 Å². The third kappa shape index (κ3) is 2.60. The number of nitrogens with zero attached hydrogens (tertiary/aromatic N) is 2. The van der Waals surface area contributed by atoms with E-state index >= 15 is 0 Å². The molecule has 0 saturated heterocycles. The first kappa shape index (κ1) is 12.4. The number of rotatable bonds is 5. The summed E-state index contributed by atoms with van der Waals surface area (Å²) in [4.78, 5) is 12.8. The molecule has 2 rings (SSSR count). The molecule has 0 radical (unpaired) electrons. The van der Waals surface area contributed by atoms with E-state index in [9.17, 15) is 10.1 Å². The van der Waals surface area contributed by atoms with Gasteiger partial charge in [0, 0.05) is 35.2 Å². The SMILES string of the molecule is CCN(c1ccc([N+](=O)[O-])c(CBr)c1)C1CC1. The van der Waals surface area contributed by atoms with Crippen molar-refractivity contribution < 1.29 is 4.92 Å². The number of nitro groups is 1. The summed E-state index contributed by atoms with van der Waals surface area (Å²) in [5.41, 5.74) is 2.03. The lowest BCUT2D eigenvalue weighted by atomic mass is 10.1. The van der Waals surface area contributed by atoms with Crippen molar-refractivity contribution >= 4 is 27.3 Å². The highest BCUT2D eigenvalue weighted by molar-refractivity contribution is 9.08. The van der Waals surface area contributed by atoms with Crippen LogP contribution in [0.2, 0.25) is 0 Å². The molecule has 5 heteroatoms. The van der Waals surface area contributed by atoms with Crippen LogP contribution in [0.3, 0.4) is 0 Å². The number of benzene rings is 1. The minimum Gasteiger partial charge on any atom is -0.369 e. The van der Waals surface area contributed by atoms with Crippen molar-refractivity contribution in [3.63, 3.8) is 0 Å². The molecule has 0 heterocycles. The van der Waals surface area contributed by atoms with Gasteiger partial charge in [0.1, 0.15) is 0 Å². The van der Waals surface area contributed by atoms with Gasteiger partial charge >= 0.3 is 0 Å². The van der Waals surface area contributed by atoms with Crippen molar-refractivity contribution in [2.24, 2.45) is 0 Å². The topological polar surface area (TPSA) is 46.4 Å². The van der Waals surface area contributed by atoms with Crippen LogP contribution in [0.15, 0.2) is 18.2 Å². The quantitative estimate of drug-likeness (QED) is 0.475. The molecule has 0 atom stereocenters. The fraction of sp³-hybridized carbons (Fsp3) is 0.500. The van der Waals surface area contributed by atoms with Gasteiger partial charge in [0.05, 0.1) is 4.92 Å². The number of anilines is 1. The molecule has 0 bridgehead atoms. The van der Waals surface area contributed by atoms with Gasteiger partial charge in [-0.2, -0.15) is 0 Å². The van der Waals surface area contributed by atoms with Crippen molar-refractivity contribution in [1.29, 1.82) is 0 Å². The lowest BCUT2D eigenvalue weighted by Crippen LogP contribution is -2.25. The molecule has 0 unspecified atom stereocenters. The summed E-state index contributed by atoms with van der Waals surface area (Å²) in [5, 5.41) is 11.4. The van der Waals surface area contributed by atoms with E-state index in [2.05, 4.69) is 27.8 Å². The molecular weight excluding hydrogens is 284 g/mol. The maximum atomic E-state index is 10.8. The Labute approximate surface area is 109 Å². The van der Waals surface area contributed by atoms with Gasteiger partial charge in [0.25, 0.3) is 5.69 Å². The van der Waals surface area contributed by atoms with E-state index in [0.29, 0.717) is 11.4 Å². The van der Waals surface area contributed by atoms with Gasteiger partial charge < -0.3 is 4.90 Å². The van der Waals surface area contributed by atoms with Crippen molar-refractivity contribution in [2.75, 3.05) is 11.4 Å². The summed E-state index contributed by atoms with van der Waals surface area (Å²) < 4.78 is 0. The molecule has 1 aromatic rings. The first-order valence-corrected chi connectivity index (χ1v) is 6.89. The number of nitro benzene ring substituents is 1. The lowest BCUT2D eigenvalue weighted by molar-refractivity contribution is -0.385. The maximum Gasteiger partial charge on any atom is 0.273 e. The minimum atomic E-state index is -0.326. The molecule has 1 fully saturated rings. The molecule has 0 aliphatic heterocycles. The monoisotopic (exact) mass is 298 g/mol. The molecule has 1 saturated carbocycles. The molecule has 1 aliphatic carbocycles. The van der Waals surface area contributed by atoms with Crippen molar-refractivity contribution in [3.8, 4) is 0 Å². The van der Waals surface area contributed by atoms with E-state index in [1.165, 1.54) is 12.8 Å². The van der Waals surface area contributed by atoms with Gasteiger partial charge in [-0.15, -0.1) is 0 Å². The standard InChI is InChI=1S/C12H15BrN2O2/c1-2-14(10-3-4-10)11-5-6-12(15(16)17)9(7-11)8-13/h5-7,10H,2-4,8H2,1H3. The van der Waals surface area contributed by atoms with Gasteiger partial charge in [-0.25, -0.2) is 0 Å². The highest BCUT2D eigenvalue weighted by Gasteiger charge is 2.28. The number of alkyl halides is 1. The van der Waals surface area contributed by atoms with Crippen LogP contribution < -0.4 is 4.90 Å². The lowest BCUT2D eigenvalue weighted by Gasteiger charge is -2.23. The summed E-state index contributed by atoms with van der Waals surface area (Å²) in [6.07, 6.45) is 2.46. The van der Waals surface area contributed by atoms with Crippen LogP contribution in [0.5, 0.6) is 0 Å². The van der Waals surface area contributed by atoms with E-state index in [1.54, 1.807) is 6.07 Å². The molecule has 0 N–H and O–H groups in total. The second kappa shape index (κ2) is 5.04. The molecule has 4 nitrogen and oxygen atoms in total. The first-order valence-electron chi connectivity index (χ1n) is 5.77. The summed E-state index contributed by atoms with van der Waals surface area (Å²) >= 11 is 3.31. The third-order valence-corrected chi connectivity index (χ3v) is 3.67. The Morgan fingerprint density at radius 2 is 2.24 bits per heavy atom. The van der Waals surface area contributed by atoms with Gasteiger partial charge in [-0.3, -0.25) is 10.1 Å². The molecule has 1 aromatic carbocycles. The molecular formula is C12H15BrN2O2. The highest BCUT2D eigenvalue weighted by Crippen LogP contribution is 2.34. The first-order chi connectivity index (χ1) is 8.17. The summed E-state index contributed by atoms with van der Waals surface area (Å²) in [7, 11) is 0. The number of hydrogen-bond donors (Lipinski definition) is 0. The smallest absolute Gasteiger partial charge is 0.273 e. The zero-order valence-electron chi connectivity index (χ0n) is 9.73. The largest absolute Gasteiger partial charge is 0.369 e. The normalized spacial score (nSPS) is 14.7. The van der Waals surface area contributed by atoms with Crippen LogP contribution in [0.4, 0.5) is 11.4 Å². The van der Waals surface area contributed by atoms with Crippen LogP contribution in [0.1, 0.15) is 25.3 Å². The van der Waals surface area contributed by atoms with Gasteiger partial charge in [0.15, 0.2) is 0 Å². The zero-order valence-corrected chi connectivity index (χ0v) is 11.3. The average molecular weight is 299 g/mol. The van der Waals surface area contributed by atoms with Gasteiger partial charge in [0.2, 0.25) is 0 Å². The molecule has 0 amide bonds. The second-order valence-electron chi connectivity index (χ2n) is 4.22. The Balaban J connectivity index is 2.32. The molecule has 1 aliphatic rings. The Morgan fingerprint density at radius 3 is 2.71 bits per heavy atom. The molecule has 0 aromatic heterocycles. The second-order valence-corrected chi connectivity index (χ2v) is 4.78. The van der Waals surface area contributed by atoms with Gasteiger partial charge in [-0.05, 0) is 31.9 Å². The zero-order chi connectivity index (χ0) is 12.4. The number of hydrogen-bond acceptors (Lipinski definition) is 3. The van der Waals surface area contributed by atoms with E-state index < -0.39 is 0 Å².